The fourth-order valence-corrected chi connectivity index (χ4v) is 3.37. The van der Waals surface area contributed by atoms with Gasteiger partial charge in [-0.2, -0.15) is 5.10 Å². The van der Waals surface area contributed by atoms with Crippen LogP contribution in [0.25, 0.3) is 22.0 Å². The van der Waals surface area contributed by atoms with Crippen LogP contribution in [-0.4, -0.2) is 32.7 Å². The van der Waals surface area contributed by atoms with Crippen LogP contribution in [0.3, 0.4) is 0 Å². The molecule has 0 saturated carbocycles. The van der Waals surface area contributed by atoms with Gasteiger partial charge in [-0.25, -0.2) is 0 Å². The van der Waals surface area contributed by atoms with Crippen LogP contribution < -0.4 is 11.1 Å². The number of aliphatic hydroxyl groups excluding tert-OH is 1. The van der Waals surface area contributed by atoms with E-state index in [1.807, 2.05) is 42.7 Å². The number of aliphatic hydroxyl groups is 1. The molecule has 0 fully saturated rings. The molecule has 1 unspecified atom stereocenters. The van der Waals surface area contributed by atoms with Crippen molar-refractivity contribution < 1.29 is 9.90 Å². The van der Waals surface area contributed by atoms with Crippen LogP contribution in [0.1, 0.15) is 17.0 Å². The van der Waals surface area contributed by atoms with Gasteiger partial charge in [0.2, 0.25) is 5.91 Å². The van der Waals surface area contributed by atoms with E-state index in [2.05, 4.69) is 20.5 Å². The fourth-order valence-electron chi connectivity index (χ4n) is 3.37. The van der Waals surface area contributed by atoms with E-state index in [0.29, 0.717) is 5.69 Å². The summed E-state index contributed by atoms with van der Waals surface area (Å²) in [6.45, 7) is 0.152. The Bertz CT molecular complexity index is 1080. The number of nitrogens with zero attached hydrogens (tertiary/aromatic N) is 1. The molecule has 7 nitrogen and oxygen atoms in total. The van der Waals surface area contributed by atoms with Crippen LogP contribution in [0.5, 0.6) is 0 Å². The van der Waals surface area contributed by atoms with Gasteiger partial charge in [0.15, 0.2) is 0 Å². The molecule has 0 aliphatic carbocycles. The van der Waals surface area contributed by atoms with E-state index in [9.17, 15) is 9.90 Å². The predicted molar refractivity (Wildman–Crippen MR) is 109 cm³/mol. The van der Waals surface area contributed by atoms with Crippen LogP contribution in [0.4, 0.5) is 5.69 Å². The number of benzene rings is 2. The summed E-state index contributed by atoms with van der Waals surface area (Å²) in [6.07, 6.45) is 5.49. The average Bonchev–Trinajstić information content (AvgIpc) is 3.39. The minimum absolute atomic E-state index is 0.0341. The van der Waals surface area contributed by atoms with Crippen molar-refractivity contribution in [1.82, 2.24) is 15.2 Å². The summed E-state index contributed by atoms with van der Waals surface area (Å²) < 4.78 is 0. The van der Waals surface area contributed by atoms with Crippen LogP contribution in [0, 0.1) is 0 Å². The van der Waals surface area contributed by atoms with Gasteiger partial charge in [0.05, 0.1) is 29.9 Å². The molecule has 0 bridgehead atoms. The molecule has 4 rings (SSSR count). The third-order valence-corrected chi connectivity index (χ3v) is 4.90. The lowest BCUT2D eigenvalue weighted by atomic mass is 9.97. The zero-order chi connectivity index (χ0) is 19.5. The van der Waals surface area contributed by atoms with Gasteiger partial charge in [0.25, 0.3) is 0 Å². The van der Waals surface area contributed by atoms with Crippen molar-refractivity contribution in [3.05, 3.63) is 72.2 Å². The van der Waals surface area contributed by atoms with E-state index in [0.717, 1.165) is 33.2 Å². The maximum absolute atomic E-state index is 12.9. The summed E-state index contributed by atoms with van der Waals surface area (Å²) in [7, 11) is 0. The van der Waals surface area contributed by atoms with E-state index < -0.39 is 5.92 Å². The summed E-state index contributed by atoms with van der Waals surface area (Å²) in [5.41, 5.74) is 11.0. The van der Waals surface area contributed by atoms with Crippen molar-refractivity contribution in [2.75, 3.05) is 11.9 Å². The molecule has 2 heterocycles. The van der Waals surface area contributed by atoms with Gasteiger partial charge in [-0.1, -0.05) is 36.4 Å². The topological polar surface area (TPSA) is 120 Å². The summed E-state index contributed by atoms with van der Waals surface area (Å²) >= 11 is 0. The normalized spacial score (nSPS) is 12.2. The van der Waals surface area contributed by atoms with Crippen molar-refractivity contribution in [2.24, 2.45) is 5.73 Å². The molecule has 0 saturated heterocycles. The quantitative estimate of drug-likeness (QED) is 0.356. The van der Waals surface area contributed by atoms with Crippen LogP contribution in [-0.2, 0) is 11.4 Å². The first-order valence-electron chi connectivity index (χ1n) is 9.01. The highest BCUT2D eigenvalue weighted by Gasteiger charge is 2.20. The maximum Gasteiger partial charge on any atom is 0.233 e. The molecule has 4 aromatic rings. The van der Waals surface area contributed by atoms with E-state index in [-0.39, 0.29) is 19.1 Å². The second kappa shape index (κ2) is 7.67. The Balaban J connectivity index is 1.62. The largest absolute Gasteiger partial charge is 0.392 e. The summed E-state index contributed by atoms with van der Waals surface area (Å²) in [6, 6.07) is 13.0. The van der Waals surface area contributed by atoms with Gasteiger partial charge in [0.1, 0.15) is 0 Å². The van der Waals surface area contributed by atoms with Gasteiger partial charge < -0.3 is 21.1 Å². The summed E-state index contributed by atoms with van der Waals surface area (Å²) in [5, 5.41) is 20.0. The van der Waals surface area contributed by atoms with Crippen molar-refractivity contribution in [3.63, 3.8) is 0 Å². The molecule has 0 radical (unpaired) electrons. The Labute approximate surface area is 161 Å². The molecule has 0 aliphatic heterocycles. The summed E-state index contributed by atoms with van der Waals surface area (Å²) in [4.78, 5) is 16.2. The number of fused-ring (bicyclic) bond motifs is 1. The van der Waals surface area contributed by atoms with E-state index in [4.69, 9.17) is 5.73 Å². The third kappa shape index (κ3) is 3.28. The number of rotatable bonds is 6. The second-order valence-corrected chi connectivity index (χ2v) is 6.59. The molecule has 7 heteroatoms. The van der Waals surface area contributed by atoms with Gasteiger partial charge in [-0.05, 0) is 17.2 Å². The number of carbonyl (C=O) groups is 1. The van der Waals surface area contributed by atoms with Crippen molar-refractivity contribution in [3.8, 4) is 11.1 Å². The second-order valence-electron chi connectivity index (χ2n) is 6.59. The van der Waals surface area contributed by atoms with Crippen molar-refractivity contribution in [2.45, 2.75) is 12.5 Å². The lowest BCUT2D eigenvalue weighted by Crippen LogP contribution is -2.27. The lowest BCUT2D eigenvalue weighted by molar-refractivity contribution is -0.117. The minimum Gasteiger partial charge on any atom is -0.392 e. The van der Waals surface area contributed by atoms with Crippen molar-refractivity contribution in [1.29, 1.82) is 0 Å². The predicted octanol–water partition coefficient (Wildman–Crippen LogP) is 2.73. The zero-order valence-electron chi connectivity index (χ0n) is 15.1. The van der Waals surface area contributed by atoms with Crippen LogP contribution in [0.2, 0.25) is 0 Å². The fraction of sp³-hybridized carbons (Fsp3) is 0.143. The number of anilines is 1. The van der Waals surface area contributed by atoms with Gasteiger partial charge in [0, 0.05) is 35.5 Å². The molecule has 6 N–H and O–H groups in total. The molecular formula is C21H21N5O2. The minimum atomic E-state index is -0.480. The molecule has 0 aliphatic rings. The number of hydrogen-bond donors (Lipinski definition) is 5. The first kappa shape index (κ1) is 18.0. The average molecular weight is 375 g/mol. The molecule has 1 atom stereocenters. The van der Waals surface area contributed by atoms with Gasteiger partial charge >= 0.3 is 0 Å². The Kier molecular flexibility index (Phi) is 4.92. The monoisotopic (exact) mass is 375 g/mol. The zero-order valence-corrected chi connectivity index (χ0v) is 15.1. The first-order chi connectivity index (χ1) is 13.7. The number of aromatic nitrogens is 3. The SMILES string of the molecule is NCC(C(=O)Nc1cccc2c(-c3cn[nH]c3)c[nH]c12)c1ccc(CO)cc1. The molecule has 2 aromatic carbocycles. The lowest BCUT2D eigenvalue weighted by Gasteiger charge is -2.16. The number of aromatic amines is 2. The van der Waals surface area contributed by atoms with E-state index in [1.54, 1.807) is 18.3 Å². The molecule has 28 heavy (non-hydrogen) atoms. The Morgan fingerprint density at radius 1 is 1.18 bits per heavy atom. The standard InChI is InChI=1S/C21H21N5O2/c22-8-17(14-6-4-13(12-27)5-7-14)21(28)26-19-3-1-2-16-18(11-23-20(16)19)15-9-24-25-10-15/h1-7,9-11,17,23,27H,8,12,22H2,(H,24,25)(H,26,28). The molecule has 2 aromatic heterocycles. The number of H-pyrrole nitrogens is 2. The number of nitrogens with two attached hydrogens (primary N) is 1. The number of carbonyl (C=O) groups excluding carboxylic acids is 1. The van der Waals surface area contributed by atoms with E-state index in [1.165, 1.54) is 0 Å². The molecule has 0 spiro atoms. The van der Waals surface area contributed by atoms with Crippen LogP contribution >= 0.6 is 0 Å². The van der Waals surface area contributed by atoms with E-state index >= 15 is 0 Å². The van der Waals surface area contributed by atoms with Crippen molar-refractivity contribution >= 4 is 22.5 Å². The molecule has 142 valence electrons. The highest BCUT2D eigenvalue weighted by Crippen LogP contribution is 2.32. The van der Waals surface area contributed by atoms with Crippen LogP contribution in [0.15, 0.2) is 61.1 Å². The summed E-state index contributed by atoms with van der Waals surface area (Å²) in [5.74, 6) is -0.655. The first-order valence-corrected chi connectivity index (χ1v) is 9.01. The number of amides is 1. The maximum atomic E-state index is 12.9. The number of nitrogens with one attached hydrogen (secondary N) is 3. The molecular weight excluding hydrogens is 354 g/mol. The number of para-hydroxylation sites is 1. The molecule has 1 amide bonds. The highest BCUT2D eigenvalue weighted by molar-refractivity contribution is 6.07. The van der Waals surface area contributed by atoms with Gasteiger partial charge in [-0.3, -0.25) is 9.89 Å². The smallest absolute Gasteiger partial charge is 0.233 e. The highest BCUT2D eigenvalue weighted by atomic mass is 16.3. The Morgan fingerprint density at radius 3 is 2.68 bits per heavy atom. The number of hydrogen-bond acceptors (Lipinski definition) is 4. The third-order valence-electron chi connectivity index (χ3n) is 4.90. The Hall–Kier alpha value is -3.42. The van der Waals surface area contributed by atoms with Gasteiger partial charge in [-0.15, -0.1) is 0 Å². The Morgan fingerprint density at radius 2 is 2.00 bits per heavy atom.